The molecule has 1 aromatic carbocycles. The SMILES string of the molecule is COc1ccc(-c2c(C#N)c(N)nc3c2CCCCCC3)c(OC)c1OC. The van der Waals surface area contributed by atoms with E-state index >= 15 is 0 Å². The molecule has 0 bridgehead atoms. The van der Waals surface area contributed by atoms with E-state index in [1.54, 1.807) is 21.3 Å². The summed E-state index contributed by atoms with van der Waals surface area (Å²) in [4.78, 5) is 4.56. The zero-order chi connectivity index (χ0) is 19.4. The Morgan fingerprint density at radius 1 is 0.963 bits per heavy atom. The summed E-state index contributed by atoms with van der Waals surface area (Å²) in [5.74, 6) is 1.87. The predicted octanol–water partition coefficient (Wildman–Crippen LogP) is 3.89. The van der Waals surface area contributed by atoms with E-state index in [9.17, 15) is 5.26 Å². The number of fused-ring (bicyclic) bond motifs is 1. The number of methoxy groups -OCH3 is 3. The van der Waals surface area contributed by atoms with Crippen LogP contribution in [0.3, 0.4) is 0 Å². The van der Waals surface area contributed by atoms with Crippen LogP contribution < -0.4 is 19.9 Å². The molecule has 142 valence electrons. The van der Waals surface area contributed by atoms with Crippen molar-refractivity contribution in [2.24, 2.45) is 0 Å². The van der Waals surface area contributed by atoms with Gasteiger partial charge in [-0.15, -0.1) is 0 Å². The van der Waals surface area contributed by atoms with Gasteiger partial charge in [0.2, 0.25) is 5.75 Å². The number of aromatic nitrogens is 1. The minimum atomic E-state index is 0.267. The van der Waals surface area contributed by atoms with Gasteiger partial charge in [-0.25, -0.2) is 4.98 Å². The van der Waals surface area contributed by atoms with E-state index in [1.807, 2.05) is 12.1 Å². The molecule has 2 aromatic rings. The molecule has 3 rings (SSSR count). The zero-order valence-electron chi connectivity index (χ0n) is 16.1. The fraction of sp³-hybridized carbons (Fsp3) is 0.429. The average molecular weight is 367 g/mol. The Kier molecular flexibility index (Phi) is 5.70. The van der Waals surface area contributed by atoms with Crippen molar-refractivity contribution >= 4 is 5.82 Å². The Hall–Kier alpha value is -2.94. The maximum atomic E-state index is 9.81. The van der Waals surface area contributed by atoms with Crippen LogP contribution in [0.5, 0.6) is 17.2 Å². The molecule has 0 amide bonds. The Labute approximate surface area is 159 Å². The zero-order valence-corrected chi connectivity index (χ0v) is 16.1. The molecule has 6 nitrogen and oxygen atoms in total. The molecule has 1 aromatic heterocycles. The number of nitrogen functional groups attached to an aromatic ring is 1. The highest BCUT2D eigenvalue weighted by atomic mass is 16.5. The van der Waals surface area contributed by atoms with Crippen molar-refractivity contribution in [1.29, 1.82) is 5.26 Å². The smallest absolute Gasteiger partial charge is 0.203 e. The molecule has 1 heterocycles. The Morgan fingerprint density at radius 3 is 2.30 bits per heavy atom. The van der Waals surface area contributed by atoms with Crippen LogP contribution in [-0.2, 0) is 12.8 Å². The maximum absolute atomic E-state index is 9.81. The second kappa shape index (κ2) is 8.17. The fourth-order valence-electron chi connectivity index (χ4n) is 3.82. The number of hydrogen-bond donors (Lipinski definition) is 1. The number of nitriles is 1. The lowest BCUT2D eigenvalue weighted by molar-refractivity contribution is 0.325. The summed E-state index contributed by atoms with van der Waals surface area (Å²) in [6.07, 6.45) is 6.24. The summed E-state index contributed by atoms with van der Waals surface area (Å²) < 4.78 is 16.6. The topological polar surface area (TPSA) is 90.4 Å². The molecule has 0 aliphatic heterocycles. The van der Waals surface area contributed by atoms with Crippen LogP contribution in [0.4, 0.5) is 5.82 Å². The van der Waals surface area contributed by atoms with Crippen molar-refractivity contribution in [1.82, 2.24) is 4.98 Å². The van der Waals surface area contributed by atoms with Crippen molar-refractivity contribution in [3.63, 3.8) is 0 Å². The number of nitrogens with zero attached hydrogens (tertiary/aromatic N) is 2. The fourth-order valence-corrected chi connectivity index (χ4v) is 3.82. The lowest BCUT2D eigenvalue weighted by Crippen LogP contribution is -2.10. The summed E-state index contributed by atoms with van der Waals surface area (Å²) >= 11 is 0. The number of pyridine rings is 1. The second-order valence-electron chi connectivity index (χ2n) is 6.58. The molecule has 0 fully saturated rings. The number of benzene rings is 1. The van der Waals surface area contributed by atoms with E-state index in [4.69, 9.17) is 19.9 Å². The molecule has 6 heteroatoms. The van der Waals surface area contributed by atoms with Crippen molar-refractivity contribution in [3.05, 3.63) is 29.0 Å². The average Bonchev–Trinajstić information content (AvgIpc) is 2.67. The van der Waals surface area contributed by atoms with Crippen LogP contribution >= 0.6 is 0 Å². The quantitative estimate of drug-likeness (QED) is 0.882. The summed E-state index contributed by atoms with van der Waals surface area (Å²) in [7, 11) is 4.74. The summed E-state index contributed by atoms with van der Waals surface area (Å²) in [6, 6.07) is 5.97. The predicted molar refractivity (Wildman–Crippen MR) is 104 cm³/mol. The Bertz CT molecular complexity index is 887. The Morgan fingerprint density at radius 2 is 1.67 bits per heavy atom. The van der Waals surface area contributed by atoms with Gasteiger partial charge in [-0.05, 0) is 43.4 Å². The van der Waals surface area contributed by atoms with E-state index in [1.165, 1.54) is 12.8 Å². The Balaban J connectivity index is 2.35. The first-order valence-electron chi connectivity index (χ1n) is 9.16. The van der Waals surface area contributed by atoms with Crippen LogP contribution in [0.1, 0.15) is 42.5 Å². The standard InChI is InChI=1S/C21H25N3O3/c1-25-17-11-10-14(19(26-2)20(17)27-3)18-13-8-6-4-5-7-9-16(13)24-21(23)15(18)12-22/h10-11H,4-9H2,1-3H3,(H2,23,24). The van der Waals surface area contributed by atoms with Gasteiger partial charge in [0, 0.05) is 16.8 Å². The lowest BCUT2D eigenvalue weighted by Gasteiger charge is -2.22. The number of ether oxygens (including phenoxy) is 3. The minimum absolute atomic E-state index is 0.267. The highest BCUT2D eigenvalue weighted by Gasteiger charge is 2.25. The molecule has 27 heavy (non-hydrogen) atoms. The molecule has 1 aliphatic carbocycles. The summed E-state index contributed by atoms with van der Waals surface area (Å²) in [5.41, 5.74) is 10.2. The van der Waals surface area contributed by atoms with Gasteiger partial charge in [-0.1, -0.05) is 12.8 Å². The van der Waals surface area contributed by atoms with Crippen LogP contribution in [0, 0.1) is 11.3 Å². The molecule has 0 atom stereocenters. The number of hydrogen-bond acceptors (Lipinski definition) is 6. The van der Waals surface area contributed by atoms with E-state index in [0.717, 1.165) is 48.1 Å². The van der Waals surface area contributed by atoms with Crippen molar-refractivity contribution in [3.8, 4) is 34.4 Å². The van der Waals surface area contributed by atoms with E-state index in [-0.39, 0.29) is 5.82 Å². The molecule has 1 aliphatic rings. The molecule has 0 unspecified atom stereocenters. The van der Waals surface area contributed by atoms with Gasteiger partial charge in [0.25, 0.3) is 0 Å². The van der Waals surface area contributed by atoms with Crippen molar-refractivity contribution in [2.45, 2.75) is 38.5 Å². The molecular weight excluding hydrogens is 342 g/mol. The monoisotopic (exact) mass is 367 g/mol. The first-order valence-corrected chi connectivity index (χ1v) is 9.16. The number of aryl methyl sites for hydroxylation is 1. The molecule has 0 saturated heterocycles. The highest BCUT2D eigenvalue weighted by molar-refractivity contribution is 5.85. The number of anilines is 1. The van der Waals surface area contributed by atoms with Gasteiger partial charge in [-0.3, -0.25) is 0 Å². The third kappa shape index (κ3) is 3.37. The summed E-state index contributed by atoms with van der Waals surface area (Å²) in [5, 5.41) is 9.81. The molecule has 0 spiro atoms. The molecule has 0 saturated carbocycles. The maximum Gasteiger partial charge on any atom is 0.203 e. The van der Waals surface area contributed by atoms with Crippen LogP contribution in [0.15, 0.2) is 12.1 Å². The lowest BCUT2D eigenvalue weighted by atomic mass is 9.87. The van der Waals surface area contributed by atoms with Crippen molar-refractivity contribution < 1.29 is 14.2 Å². The molecular formula is C21H25N3O3. The first-order chi connectivity index (χ1) is 13.2. The van der Waals surface area contributed by atoms with Crippen LogP contribution in [0.25, 0.3) is 11.1 Å². The normalized spacial score (nSPS) is 13.7. The third-order valence-corrected chi connectivity index (χ3v) is 5.09. The van der Waals surface area contributed by atoms with E-state index < -0.39 is 0 Å². The molecule has 0 radical (unpaired) electrons. The minimum Gasteiger partial charge on any atom is -0.493 e. The van der Waals surface area contributed by atoms with E-state index in [2.05, 4.69) is 11.1 Å². The highest BCUT2D eigenvalue weighted by Crippen LogP contribution is 2.47. The van der Waals surface area contributed by atoms with Gasteiger partial charge in [0.15, 0.2) is 11.5 Å². The van der Waals surface area contributed by atoms with Gasteiger partial charge < -0.3 is 19.9 Å². The van der Waals surface area contributed by atoms with Gasteiger partial charge >= 0.3 is 0 Å². The van der Waals surface area contributed by atoms with Crippen LogP contribution in [-0.4, -0.2) is 26.3 Å². The van der Waals surface area contributed by atoms with Crippen LogP contribution in [0.2, 0.25) is 0 Å². The van der Waals surface area contributed by atoms with Gasteiger partial charge in [0.05, 0.1) is 21.3 Å². The number of nitrogens with two attached hydrogens (primary N) is 1. The van der Waals surface area contributed by atoms with E-state index in [0.29, 0.717) is 22.8 Å². The summed E-state index contributed by atoms with van der Waals surface area (Å²) in [6.45, 7) is 0. The number of rotatable bonds is 4. The van der Waals surface area contributed by atoms with Gasteiger partial charge in [-0.2, -0.15) is 5.26 Å². The second-order valence-corrected chi connectivity index (χ2v) is 6.58. The third-order valence-electron chi connectivity index (χ3n) is 5.09. The van der Waals surface area contributed by atoms with Crippen molar-refractivity contribution in [2.75, 3.05) is 27.1 Å². The molecule has 2 N–H and O–H groups in total. The van der Waals surface area contributed by atoms with Gasteiger partial charge in [0.1, 0.15) is 17.5 Å². The first kappa shape index (κ1) is 18.8. The largest absolute Gasteiger partial charge is 0.493 e.